The summed E-state index contributed by atoms with van der Waals surface area (Å²) in [5.41, 5.74) is 3.44. The summed E-state index contributed by atoms with van der Waals surface area (Å²) in [7, 11) is 3.40. The van der Waals surface area contributed by atoms with E-state index in [1.807, 2.05) is 26.0 Å². The lowest BCUT2D eigenvalue weighted by atomic mass is 10.0. The van der Waals surface area contributed by atoms with Crippen LogP contribution in [0.3, 0.4) is 0 Å². The first-order valence-corrected chi connectivity index (χ1v) is 5.86. The summed E-state index contributed by atoms with van der Waals surface area (Å²) in [6.07, 6.45) is 1.51. The van der Waals surface area contributed by atoms with Crippen molar-refractivity contribution in [1.82, 2.24) is 9.55 Å². The van der Waals surface area contributed by atoms with Crippen LogP contribution in [0.4, 0.5) is 0 Å². The number of rotatable bonds is 3. The highest BCUT2D eigenvalue weighted by Crippen LogP contribution is 2.31. The molecule has 0 atom stereocenters. The van der Waals surface area contributed by atoms with Crippen molar-refractivity contribution in [3.05, 3.63) is 35.3 Å². The summed E-state index contributed by atoms with van der Waals surface area (Å²) in [5.74, 6) is -0.233. The first-order valence-electron chi connectivity index (χ1n) is 5.86. The van der Waals surface area contributed by atoms with Gasteiger partial charge >= 0.3 is 5.97 Å². The smallest absolute Gasteiger partial charge is 0.356 e. The van der Waals surface area contributed by atoms with Gasteiger partial charge in [0.2, 0.25) is 0 Å². The Labute approximate surface area is 111 Å². The zero-order valence-electron chi connectivity index (χ0n) is 11.4. The number of aromatic nitrogens is 2. The van der Waals surface area contributed by atoms with Crippen molar-refractivity contribution in [2.45, 2.75) is 13.8 Å². The molecular formula is C14H16N2O3. The molecule has 0 unspecified atom stereocenters. The third-order valence-electron chi connectivity index (χ3n) is 3.14. The van der Waals surface area contributed by atoms with Crippen molar-refractivity contribution < 1.29 is 14.6 Å². The van der Waals surface area contributed by atoms with Crippen molar-refractivity contribution in [3.8, 4) is 17.0 Å². The lowest BCUT2D eigenvalue weighted by molar-refractivity contribution is 0.0692. The number of imidazole rings is 1. The highest BCUT2D eigenvalue weighted by atomic mass is 16.5. The van der Waals surface area contributed by atoms with E-state index in [4.69, 9.17) is 4.74 Å². The van der Waals surface area contributed by atoms with Crippen LogP contribution in [0.1, 0.15) is 21.6 Å². The predicted octanol–water partition coefficient (Wildman–Crippen LogP) is 2.41. The Morgan fingerprint density at radius 2 is 2.00 bits per heavy atom. The zero-order valence-corrected chi connectivity index (χ0v) is 11.4. The summed E-state index contributed by atoms with van der Waals surface area (Å²) in [4.78, 5) is 15.2. The van der Waals surface area contributed by atoms with Crippen LogP contribution in [0, 0.1) is 13.8 Å². The fraction of sp³-hybridized carbons (Fsp3) is 0.286. The van der Waals surface area contributed by atoms with Gasteiger partial charge in [0.1, 0.15) is 5.75 Å². The molecule has 0 spiro atoms. The number of aryl methyl sites for hydroxylation is 3. The molecule has 0 saturated heterocycles. The number of carboxylic acids is 1. The summed E-state index contributed by atoms with van der Waals surface area (Å²) in [6.45, 7) is 3.86. The minimum atomic E-state index is -1.02. The van der Waals surface area contributed by atoms with Gasteiger partial charge in [0, 0.05) is 12.6 Å². The minimum absolute atomic E-state index is 0.0650. The van der Waals surface area contributed by atoms with E-state index in [-0.39, 0.29) is 5.69 Å². The lowest BCUT2D eigenvalue weighted by Gasteiger charge is -2.12. The van der Waals surface area contributed by atoms with Gasteiger partial charge in [-0.15, -0.1) is 0 Å². The van der Waals surface area contributed by atoms with Crippen LogP contribution in [0.5, 0.6) is 5.75 Å². The second-order valence-corrected chi connectivity index (χ2v) is 4.49. The molecule has 0 saturated carbocycles. The summed E-state index contributed by atoms with van der Waals surface area (Å²) < 4.78 is 6.99. The highest BCUT2D eigenvalue weighted by molar-refractivity contribution is 5.93. The fourth-order valence-electron chi connectivity index (χ4n) is 2.17. The molecular weight excluding hydrogens is 244 g/mol. The predicted molar refractivity (Wildman–Crippen MR) is 71.6 cm³/mol. The molecule has 2 rings (SSSR count). The molecule has 0 aliphatic heterocycles. The fourth-order valence-corrected chi connectivity index (χ4v) is 2.17. The van der Waals surface area contributed by atoms with Crippen LogP contribution in [0.2, 0.25) is 0 Å². The molecule has 2 aromatic rings. The Hall–Kier alpha value is -2.30. The van der Waals surface area contributed by atoms with Gasteiger partial charge < -0.3 is 14.4 Å². The SMILES string of the molecule is COc1cc(C)c(-c2c(C(=O)O)ncn2C)cc1C. The van der Waals surface area contributed by atoms with Crippen molar-refractivity contribution in [3.63, 3.8) is 0 Å². The van der Waals surface area contributed by atoms with Crippen LogP contribution in [0.15, 0.2) is 18.5 Å². The van der Waals surface area contributed by atoms with Gasteiger partial charge in [0.25, 0.3) is 0 Å². The number of carboxylic acid groups (broad SMARTS) is 1. The third kappa shape index (κ3) is 2.19. The topological polar surface area (TPSA) is 64.3 Å². The molecule has 0 aliphatic carbocycles. The van der Waals surface area contributed by atoms with Crippen molar-refractivity contribution in [2.75, 3.05) is 7.11 Å². The Morgan fingerprint density at radius 3 is 2.58 bits per heavy atom. The number of carbonyl (C=O) groups is 1. The Bertz CT molecular complexity index is 644. The van der Waals surface area contributed by atoms with Crippen LogP contribution < -0.4 is 4.74 Å². The molecule has 5 nitrogen and oxygen atoms in total. The largest absolute Gasteiger partial charge is 0.496 e. The second kappa shape index (κ2) is 4.76. The van der Waals surface area contributed by atoms with Gasteiger partial charge in [0.05, 0.1) is 19.1 Å². The molecule has 0 radical (unpaired) electrons. The molecule has 0 fully saturated rings. The van der Waals surface area contributed by atoms with Gasteiger partial charge in [-0.25, -0.2) is 9.78 Å². The standard InChI is InChI=1S/C14H16N2O3/c1-8-6-11(19-4)9(2)5-10(8)13-12(14(17)18)15-7-16(13)3/h5-7H,1-4H3,(H,17,18). The molecule has 0 aliphatic rings. The number of methoxy groups -OCH3 is 1. The second-order valence-electron chi connectivity index (χ2n) is 4.49. The van der Waals surface area contributed by atoms with E-state index < -0.39 is 5.97 Å². The van der Waals surface area contributed by atoms with Crippen LogP contribution >= 0.6 is 0 Å². The van der Waals surface area contributed by atoms with Crippen molar-refractivity contribution in [2.24, 2.45) is 7.05 Å². The average Bonchev–Trinajstić information content (AvgIpc) is 2.73. The zero-order chi connectivity index (χ0) is 14.2. The van der Waals surface area contributed by atoms with Crippen LogP contribution in [0.25, 0.3) is 11.3 Å². The maximum Gasteiger partial charge on any atom is 0.356 e. The summed E-state index contributed by atoms with van der Waals surface area (Å²) >= 11 is 0. The quantitative estimate of drug-likeness (QED) is 0.920. The van der Waals surface area contributed by atoms with E-state index in [9.17, 15) is 9.90 Å². The molecule has 0 bridgehead atoms. The van der Waals surface area contributed by atoms with E-state index in [2.05, 4.69) is 4.98 Å². The maximum absolute atomic E-state index is 11.2. The first-order chi connectivity index (χ1) is 8.95. The Morgan fingerprint density at radius 1 is 1.32 bits per heavy atom. The molecule has 5 heteroatoms. The summed E-state index contributed by atoms with van der Waals surface area (Å²) in [6, 6.07) is 3.83. The van der Waals surface area contributed by atoms with Crippen LogP contribution in [-0.4, -0.2) is 27.7 Å². The Balaban J connectivity index is 2.69. The number of aromatic carboxylic acids is 1. The maximum atomic E-state index is 11.2. The molecule has 19 heavy (non-hydrogen) atoms. The molecule has 100 valence electrons. The molecule has 1 aromatic carbocycles. The number of hydrogen-bond donors (Lipinski definition) is 1. The number of nitrogens with zero attached hydrogens (tertiary/aromatic N) is 2. The number of benzene rings is 1. The van der Waals surface area contributed by atoms with Gasteiger partial charge in [-0.2, -0.15) is 0 Å². The normalized spacial score (nSPS) is 10.5. The van der Waals surface area contributed by atoms with Gasteiger partial charge in [-0.1, -0.05) is 0 Å². The van der Waals surface area contributed by atoms with Gasteiger partial charge in [-0.05, 0) is 37.1 Å². The van der Waals surface area contributed by atoms with E-state index in [1.54, 1.807) is 18.7 Å². The van der Waals surface area contributed by atoms with E-state index in [1.165, 1.54) is 6.33 Å². The highest BCUT2D eigenvalue weighted by Gasteiger charge is 2.19. The molecule has 1 N–H and O–H groups in total. The van der Waals surface area contributed by atoms with Crippen molar-refractivity contribution >= 4 is 5.97 Å². The van der Waals surface area contributed by atoms with Gasteiger partial charge in [0.15, 0.2) is 5.69 Å². The molecule has 0 amide bonds. The Kier molecular flexibility index (Phi) is 3.29. The summed E-state index contributed by atoms with van der Waals surface area (Å²) in [5, 5.41) is 9.20. The first kappa shape index (κ1) is 13.1. The number of hydrogen-bond acceptors (Lipinski definition) is 3. The van der Waals surface area contributed by atoms with E-state index in [0.717, 1.165) is 22.4 Å². The van der Waals surface area contributed by atoms with E-state index >= 15 is 0 Å². The lowest BCUT2D eigenvalue weighted by Crippen LogP contribution is -2.03. The number of ether oxygens (including phenoxy) is 1. The monoisotopic (exact) mass is 260 g/mol. The van der Waals surface area contributed by atoms with Crippen molar-refractivity contribution in [1.29, 1.82) is 0 Å². The minimum Gasteiger partial charge on any atom is -0.496 e. The van der Waals surface area contributed by atoms with Gasteiger partial charge in [-0.3, -0.25) is 0 Å². The van der Waals surface area contributed by atoms with E-state index in [0.29, 0.717) is 5.69 Å². The molecule has 1 aromatic heterocycles. The average molecular weight is 260 g/mol. The molecule has 1 heterocycles. The third-order valence-corrected chi connectivity index (χ3v) is 3.14. The van der Waals surface area contributed by atoms with Crippen LogP contribution in [-0.2, 0) is 7.05 Å².